The molecule has 0 heterocycles. The first-order chi connectivity index (χ1) is 9.43. The zero-order valence-corrected chi connectivity index (χ0v) is 14.1. The molecule has 6 heteroatoms. The van der Waals surface area contributed by atoms with Crippen molar-refractivity contribution < 1.29 is 19.1 Å². The minimum atomic E-state index is -0.533. The van der Waals surface area contributed by atoms with Gasteiger partial charge in [0.15, 0.2) is 0 Å². The first kappa shape index (κ1) is 19.3. The van der Waals surface area contributed by atoms with E-state index in [-0.39, 0.29) is 0 Å². The standard InChI is InChI=1S/C15H28N2O4/c1-8-11(9-16-12(18)20-14(2,3)4)10-17-13(19)21-15(5,6)7/h8H,9-10H2,1-7H3,(H,16,18)(H,17,19). The van der Waals surface area contributed by atoms with Gasteiger partial charge in [-0.15, -0.1) is 0 Å². The predicted octanol–water partition coefficient (Wildman–Crippen LogP) is 2.98. The van der Waals surface area contributed by atoms with Gasteiger partial charge in [0.2, 0.25) is 0 Å². The quantitative estimate of drug-likeness (QED) is 0.783. The first-order valence-corrected chi connectivity index (χ1v) is 7.00. The van der Waals surface area contributed by atoms with Gasteiger partial charge in [0.1, 0.15) is 11.2 Å². The van der Waals surface area contributed by atoms with Crippen LogP contribution in [0.15, 0.2) is 11.6 Å². The van der Waals surface area contributed by atoms with Crippen molar-refractivity contribution in [2.75, 3.05) is 13.1 Å². The van der Waals surface area contributed by atoms with Crippen molar-refractivity contribution in [1.82, 2.24) is 10.6 Å². The van der Waals surface area contributed by atoms with Crippen molar-refractivity contribution in [3.63, 3.8) is 0 Å². The third kappa shape index (κ3) is 11.8. The van der Waals surface area contributed by atoms with Crippen LogP contribution < -0.4 is 10.6 Å². The van der Waals surface area contributed by atoms with E-state index in [1.165, 1.54) is 0 Å². The number of amides is 2. The Morgan fingerprint density at radius 1 is 0.857 bits per heavy atom. The average Bonchev–Trinajstić information content (AvgIpc) is 2.24. The van der Waals surface area contributed by atoms with Crippen LogP contribution >= 0.6 is 0 Å². The van der Waals surface area contributed by atoms with Crippen LogP contribution in [0.2, 0.25) is 0 Å². The van der Waals surface area contributed by atoms with Crippen LogP contribution in [0, 0.1) is 0 Å². The van der Waals surface area contributed by atoms with Gasteiger partial charge in [-0.05, 0) is 54.0 Å². The SMILES string of the molecule is CC=C(CNC(=O)OC(C)(C)C)CNC(=O)OC(C)(C)C. The molecule has 0 saturated carbocycles. The fraction of sp³-hybridized carbons (Fsp3) is 0.733. The molecule has 0 rings (SSSR count). The Morgan fingerprint density at radius 3 is 1.43 bits per heavy atom. The van der Waals surface area contributed by atoms with Gasteiger partial charge in [0.05, 0.1) is 0 Å². The summed E-state index contributed by atoms with van der Waals surface area (Å²) in [7, 11) is 0. The van der Waals surface area contributed by atoms with E-state index in [4.69, 9.17) is 9.47 Å². The Morgan fingerprint density at radius 2 is 1.19 bits per heavy atom. The van der Waals surface area contributed by atoms with E-state index in [2.05, 4.69) is 10.6 Å². The van der Waals surface area contributed by atoms with Crippen LogP contribution in [0.4, 0.5) is 9.59 Å². The molecule has 0 aliphatic heterocycles. The molecule has 0 fully saturated rings. The van der Waals surface area contributed by atoms with Gasteiger partial charge in [0.25, 0.3) is 0 Å². The van der Waals surface area contributed by atoms with Gasteiger partial charge < -0.3 is 20.1 Å². The Hall–Kier alpha value is -1.72. The predicted molar refractivity (Wildman–Crippen MR) is 82.2 cm³/mol. The van der Waals surface area contributed by atoms with Crippen LogP contribution in [-0.2, 0) is 9.47 Å². The van der Waals surface area contributed by atoms with Crippen molar-refractivity contribution in [3.8, 4) is 0 Å². The fourth-order valence-corrected chi connectivity index (χ4v) is 1.27. The highest BCUT2D eigenvalue weighted by molar-refractivity contribution is 5.69. The van der Waals surface area contributed by atoms with Gasteiger partial charge in [-0.25, -0.2) is 9.59 Å². The Labute approximate surface area is 127 Å². The summed E-state index contributed by atoms with van der Waals surface area (Å²) < 4.78 is 10.3. The van der Waals surface area contributed by atoms with E-state index >= 15 is 0 Å². The van der Waals surface area contributed by atoms with E-state index in [1.54, 1.807) is 41.5 Å². The number of ether oxygens (including phenoxy) is 2. The number of carbonyl (C=O) groups is 2. The molecule has 0 saturated heterocycles. The molecule has 122 valence electrons. The van der Waals surface area contributed by atoms with Gasteiger partial charge in [-0.1, -0.05) is 6.08 Å². The molecule has 0 atom stereocenters. The molecule has 0 bridgehead atoms. The van der Waals surface area contributed by atoms with Gasteiger partial charge in [-0.2, -0.15) is 0 Å². The summed E-state index contributed by atoms with van der Waals surface area (Å²) in [5.74, 6) is 0. The molecular weight excluding hydrogens is 272 g/mol. The monoisotopic (exact) mass is 300 g/mol. The number of carbonyl (C=O) groups excluding carboxylic acids is 2. The maximum atomic E-state index is 11.5. The molecule has 0 aromatic carbocycles. The normalized spacial score (nSPS) is 11.4. The Kier molecular flexibility index (Phi) is 7.26. The van der Waals surface area contributed by atoms with E-state index in [9.17, 15) is 9.59 Å². The number of hydrogen-bond donors (Lipinski definition) is 2. The summed E-state index contributed by atoms with van der Waals surface area (Å²) in [4.78, 5) is 23.1. The Bertz CT molecular complexity index is 355. The van der Waals surface area contributed by atoms with Crippen molar-refractivity contribution in [3.05, 3.63) is 11.6 Å². The second kappa shape index (κ2) is 7.90. The average molecular weight is 300 g/mol. The molecule has 0 aromatic rings. The highest BCUT2D eigenvalue weighted by Gasteiger charge is 2.17. The van der Waals surface area contributed by atoms with Crippen molar-refractivity contribution in [2.45, 2.75) is 59.7 Å². The summed E-state index contributed by atoms with van der Waals surface area (Å²) in [6, 6.07) is 0. The first-order valence-electron chi connectivity index (χ1n) is 7.00. The number of allylic oxidation sites excluding steroid dienone is 1. The minimum absolute atomic E-state index is 0.307. The lowest BCUT2D eigenvalue weighted by molar-refractivity contribution is 0.0530. The fourth-order valence-electron chi connectivity index (χ4n) is 1.27. The second-order valence-electron chi connectivity index (χ2n) is 6.66. The van der Waals surface area contributed by atoms with Crippen LogP contribution in [0.5, 0.6) is 0 Å². The van der Waals surface area contributed by atoms with Crippen molar-refractivity contribution in [1.29, 1.82) is 0 Å². The van der Waals surface area contributed by atoms with Crippen molar-refractivity contribution in [2.24, 2.45) is 0 Å². The van der Waals surface area contributed by atoms with E-state index < -0.39 is 23.4 Å². The molecule has 21 heavy (non-hydrogen) atoms. The number of alkyl carbamates (subject to hydrolysis) is 2. The van der Waals surface area contributed by atoms with E-state index in [1.807, 2.05) is 13.0 Å². The molecule has 0 aliphatic rings. The van der Waals surface area contributed by atoms with Crippen molar-refractivity contribution >= 4 is 12.2 Å². The van der Waals surface area contributed by atoms with E-state index in [0.29, 0.717) is 13.1 Å². The largest absolute Gasteiger partial charge is 0.444 e. The third-order valence-corrected chi connectivity index (χ3v) is 2.13. The smallest absolute Gasteiger partial charge is 0.407 e. The topological polar surface area (TPSA) is 76.7 Å². The second-order valence-corrected chi connectivity index (χ2v) is 6.66. The number of rotatable bonds is 4. The van der Waals surface area contributed by atoms with E-state index in [0.717, 1.165) is 5.57 Å². The highest BCUT2D eigenvalue weighted by Crippen LogP contribution is 2.07. The zero-order chi connectivity index (χ0) is 16.7. The Balaban J connectivity index is 4.14. The van der Waals surface area contributed by atoms with Gasteiger partial charge in [-0.3, -0.25) is 0 Å². The van der Waals surface area contributed by atoms with Crippen LogP contribution in [-0.4, -0.2) is 36.5 Å². The lowest BCUT2D eigenvalue weighted by Gasteiger charge is -2.21. The third-order valence-electron chi connectivity index (χ3n) is 2.13. The molecule has 0 spiro atoms. The summed E-state index contributed by atoms with van der Waals surface area (Å²) >= 11 is 0. The van der Waals surface area contributed by atoms with Gasteiger partial charge >= 0.3 is 12.2 Å². The summed E-state index contributed by atoms with van der Waals surface area (Å²) in [6.07, 6.45) is 0.854. The lowest BCUT2D eigenvalue weighted by atomic mass is 10.2. The number of nitrogens with one attached hydrogen (secondary N) is 2. The minimum Gasteiger partial charge on any atom is -0.444 e. The van der Waals surface area contributed by atoms with Crippen LogP contribution in [0.25, 0.3) is 0 Å². The lowest BCUT2D eigenvalue weighted by Crippen LogP contribution is -2.37. The zero-order valence-electron chi connectivity index (χ0n) is 14.1. The molecule has 0 unspecified atom stereocenters. The maximum absolute atomic E-state index is 11.5. The number of hydrogen-bond acceptors (Lipinski definition) is 4. The molecule has 6 nitrogen and oxygen atoms in total. The molecular formula is C15H28N2O4. The van der Waals surface area contributed by atoms with Gasteiger partial charge in [0, 0.05) is 13.1 Å². The van der Waals surface area contributed by atoms with Crippen LogP contribution in [0.3, 0.4) is 0 Å². The summed E-state index contributed by atoms with van der Waals surface area (Å²) in [5.41, 5.74) is -0.212. The summed E-state index contributed by atoms with van der Waals surface area (Å²) in [6.45, 7) is 13.2. The molecule has 2 N–H and O–H groups in total. The molecule has 0 radical (unpaired) electrons. The molecule has 0 aromatic heterocycles. The maximum Gasteiger partial charge on any atom is 0.407 e. The summed E-state index contributed by atoms with van der Waals surface area (Å²) in [5, 5.41) is 5.28. The highest BCUT2D eigenvalue weighted by atomic mass is 16.6. The molecule has 0 aliphatic carbocycles. The van der Waals surface area contributed by atoms with Crippen LogP contribution in [0.1, 0.15) is 48.5 Å². The molecule has 2 amide bonds.